The average Bonchev–Trinajstić information content (AvgIpc) is 3.44. The van der Waals surface area contributed by atoms with Crippen molar-refractivity contribution < 1.29 is 14.3 Å². The van der Waals surface area contributed by atoms with Crippen LogP contribution in [0.3, 0.4) is 0 Å². The number of carbonyl (C=O) groups is 1. The molecule has 1 aliphatic rings. The smallest absolute Gasteiger partial charge is 0.254 e. The highest BCUT2D eigenvalue weighted by atomic mass is 16.5. The van der Waals surface area contributed by atoms with E-state index in [0.717, 1.165) is 41.0 Å². The Bertz CT molecular complexity index is 720. The van der Waals surface area contributed by atoms with E-state index in [1.54, 1.807) is 14.2 Å². The van der Waals surface area contributed by atoms with Gasteiger partial charge in [-0.2, -0.15) is 0 Å². The summed E-state index contributed by atoms with van der Waals surface area (Å²) in [5.41, 5.74) is 2.84. The van der Waals surface area contributed by atoms with E-state index in [9.17, 15) is 4.79 Å². The molecule has 1 fully saturated rings. The number of carbonyl (C=O) groups excluding carboxylic acids is 1. The second-order valence-electron chi connectivity index (χ2n) is 6.21. The molecule has 0 atom stereocenters. The number of aryl methyl sites for hydroxylation is 1. The fourth-order valence-corrected chi connectivity index (χ4v) is 2.80. The molecule has 0 N–H and O–H groups in total. The number of nitrogens with zero attached hydrogens (tertiary/aromatic N) is 1. The number of benzene rings is 2. The molecule has 126 valence electrons. The molecular formula is C20H23NO3. The Hall–Kier alpha value is -2.49. The number of rotatable bonds is 6. The van der Waals surface area contributed by atoms with Crippen molar-refractivity contribution in [3.63, 3.8) is 0 Å². The average molecular weight is 325 g/mol. The van der Waals surface area contributed by atoms with Crippen LogP contribution in [-0.4, -0.2) is 31.1 Å². The first-order valence-electron chi connectivity index (χ1n) is 8.21. The minimum atomic E-state index is 0.0716. The van der Waals surface area contributed by atoms with E-state index in [2.05, 4.69) is 0 Å². The SMILES string of the molecule is COc1ccc(OC)c(CN(C(=O)c2ccc(C)cc2)C2CC2)c1. The fourth-order valence-electron chi connectivity index (χ4n) is 2.80. The van der Waals surface area contributed by atoms with Crippen LogP contribution in [0, 0.1) is 6.92 Å². The lowest BCUT2D eigenvalue weighted by atomic mass is 10.1. The summed E-state index contributed by atoms with van der Waals surface area (Å²) in [7, 11) is 3.29. The van der Waals surface area contributed by atoms with E-state index < -0.39 is 0 Å². The van der Waals surface area contributed by atoms with Crippen molar-refractivity contribution >= 4 is 5.91 Å². The first-order valence-corrected chi connectivity index (χ1v) is 8.21. The van der Waals surface area contributed by atoms with Gasteiger partial charge < -0.3 is 14.4 Å². The monoisotopic (exact) mass is 325 g/mol. The zero-order chi connectivity index (χ0) is 17.1. The molecule has 0 radical (unpaired) electrons. The number of methoxy groups -OCH3 is 2. The second-order valence-corrected chi connectivity index (χ2v) is 6.21. The lowest BCUT2D eigenvalue weighted by Crippen LogP contribution is -2.32. The first kappa shape index (κ1) is 16.4. The van der Waals surface area contributed by atoms with Crippen LogP contribution in [0.5, 0.6) is 11.5 Å². The number of hydrogen-bond donors (Lipinski definition) is 0. The standard InChI is InChI=1S/C20H23NO3/c1-14-4-6-15(7-5-14)20(22)21(17-8-9-17)13-16-12-18(23-2)10-11-19(16)24-3/h4-7,10-12,17H,8-9,13H2,1-3H3. The van der Waals surface area contributed by atoms with Crippen molar-refractivity contribution in [2.45, 2.75) is 32.4 Å². The number of hydrogen-bond acceptors (Lipinski definition) is 3. The normalized spacial score (nSPS) is 13.5. The van der Waals surface area contributed by atoms with Gasteiger partial charge in [-0.25, -0.2) is 0 Å². The second kappa shape index (κ2) is 6.95. The van der Waals surface area contributed by atoms with Crippen LogP contribution in [0.15, 0.2) is 42.5 Å². The van der Waals surface area contributed by atoms with Gasteiger partial charge in [0.25, 0.3) is 5.91 Å². The van der Waals surface area contributed by atoms with Gasteiger partial charge in [-0.3, -0.25) is 4.79 Å². The molecule has 24 heavy (non-hydrogen) atoms. The van der Waals surface area contributed by atoms with Crippen LogP contribution in [0.2, 0.25) is 0 Å². The lowest BCUT2D eigenvalue weighted by Gasteiger charge is -2.24. The van der Waals surface area contributed by atoms with Gasteiger partial charge in [-0.15, -0.1) is 0 Å². The summed E-state index contributed by atoms with van der Waals surface area (Å²) in [6, 6.07) is 13.8. The lowest BCUT2D eigenvalue weighted by molar-refractivity contribution is 0.0728. The van der Waals surface area contributed by atoms with Crippen molar-refractivity contribution in [1.29, 1.82) is 0 Å². The summed E-state index contributed by atoms with van der Waals surface area (Å²) in [6.07, 6.45) is 2.12. The highest BCUT2D eigenvalue weighted by molar-refractivity contribution is 5.94. The van der Waals surface area contributed by atoms with E-state index in [1.807, 2.05) is 54.3 Å². The van der Waals surface area contributed by atoms with Gasteiger partial charge in [0.05, 0.1) is 20.8 Å². The molecule has 4 heteroatoms. The molecule has 0 aliphatic heterocycles. The maximum atomic E-state index is 12.9. The molecule has 0 unspecified atom stereocenters. The van der Waals surface area contributed by atoms with Crippen LogP contribution in [0.1, 0.15) is 34.3 Å². The van der Waals surface area contributed by atoms with Crippen molar-refractivity contribution in [2.75, 3.05) is 14.2 Å². The quantitative estimate of drug-likeness (QED) is 0.810. The Morgan fingerprint density at radius 1 is 1.08 bits per heavy atom. The third kappa shape index (κ3) is 3.53. The molecule has 0 spiro atoms. The molecule has 2 aromatic rings. The maximum absolute atomic E-state index is 12.9. The zero-order valence-electron chi connectivity index (χ0n) is 14.4. The van der Waals surface area contributed by atoms with Crippen LogP contribution >= 0.6 is 0 Å². The van der Waals surface area contributed by atoms with Crippen LogP contribution in [0.25, 0.3) is 0 Å². The van der Waals surface area contributed by atoms with E-state index in [4.69, 9.17) is 9.47 Å². The van der Waals surface area contributed by atoms with Gasteiger partial charge in [0, 0.05) is 17.2 Å². The Balaban J connectivity index is 1.87. The predicted octanol–water partition coefficient (Wildman–Crippen LogP) is 3.82. The first-order chi connectivity index (χ1) is 11.6. The van der Waals surface area contributed by atoms with Gasteiger partial charge in [-0.1, -0.05) is 17.7 Å². The highest BCUT2D eigenvalue weighted by Crippen LogP contribution is 2.33. The largest absolute Gasteiger partial charge is 0.497 e. The summed E-state index contributed by atoms with van der Waals surface area (Å²) in [6.45, 7) is 2.55. The van der Waals surface area contributed by atoms with Crippen molar-refractivity contribution in [2.24, 2.45) is 0 Å². The number of amides is 1. The minimum Gasteiger partial charge on any atom is -0.497 e. The van der Waals surface area contributed by atoms with Crippen molar-refractivity contribution in [1.82, 2.24) is 4.90 Å². The predicted molar refractivity (Wildman–Crippen MR) is 93.6 cm³/mol. The summed E-state index contributed by atoms with van der Waals surface area (Å²) in [5, 5.41) is 0. The number of ether oxygens (including phenoxy) is 2. The van der Waals surface area contributed by atoms with Crippen LogP contribution < -0.4 is 9.47 Å². The van der Waals surface area contributed by atoms with Crippen LogP contribution in [0.4, 0.5) is 0 Å². The van der Waals surface area contributed by atoms with Gasteiger partial charge in [-0.05, 0) is 50.1 Å². The molecule has 2 aromatic carbocycles. The van der Waals surface area contributed by atoms with E-state index in [0.29, 0.717) is 12.6 Å². The molecule has 4 nitrogen and oxygen atoms in total. The topological polar surface area (TPSA) is 38.8 Å². The molecule has 1 aliphatic carbocycles. The summed E-state index contributed by atoms with van der Waals surface area (Å²) >= 11 is 0. The van der Waals surface area contributed by atoms with Gasteiger partial charge in [0.1, 0.15) is 11.5 Å². The molecule has 0 bridgehead atoms. The minimum absolute atomic E-state index is 0.0716. The molecule has 0 saturated heterocycles. The van der Waals surface area contributed by atoms with E-state index in [1.165, 1.54) is 0 Å². The summed E-state index contributed by atoms with van der Waals surface area (Å²) < 4.78 is 10.8. The van der Waals surface area contributed by atoms with Crippen LogP contribution in [-0.2, 0) is 6.54 Å². The van der Waals surface area contributed by atoms with Crippen molar-refractivity contribution in [3.05, 3.63) is 59.2 Å². The third-order valence-electron chi connectivity index (χ3n) is 4.38. The zero-order valence-corrected chi connectivity index (χ0v) is 14.4. The Kier molecular flexibility index (Phi) is 4.74. The molecule has 1 saturated carbocycles. The maximum Gasteiger partial charge on any atom is 0.254 e. The van der Waals surface area contributed by atoms with Gasteiger partial charge in [0.15, 0.2) is 0 Å². The molecule has 0 heterocycles. The van der Waals surface area contributed by atoms with Gasteiger partial charge in [0.2, 0.25) is 0 Å². The fraction of sp³-hybridized carbons (Fsp3) is 0.350. The molecule has 3 rings (SSSR count). The van der Waals surface area contributed by atoms with E-state index >= 15 is 0 Å². The third-order valence-corrected chi connectivity index (χ3v) is 4.38. The summed E-state index contributed by atoms with van der Waals surface area (Å²) in [4.78, 5) is 14.9. The Labute approximate surface area is 143 Å². The molecular weight excluding hydrogens is 302 g/mol. The Morgan fingerprint density at radius 2 is 1.79 bits per heavy atom. The Morgan fingerprint density at radius 3 is 2.38 bits per heavy atom. The summed E-state index contributed by atoms with van der Waals surface area (Å²) in [5.74, 6) is 1.62. The molecule has 1 amide bonds. The highest BCUT2D eigenvalue weighted by Gasteiger charge is 2.33. The molecule has 0 aromatic heterocycles. The van der Waals surface area contributed by atoms with Gasteiger partial charge >= 0.3 is 0 Å². The van der Waals surface area contributed by atoms with E-state index in [-0.39, 0.29) is 5.91 Å². The van der Waals surface area contributed by atoms with Crippen molar-refractivity contribution in [3.8, 4) is 11.5 Å².